The molecule has 1 aromatic carbocycles. The van der Waals surface area contributed by atoms with E-state index in [0.29, 0.717) is 18.1 Å². The molecule has 3 amide bonds. The van der Waals surface area contributed by atoms with Crippen molar-refractivity contribution in [3.63, 3.8) is 0 Å². The number of hydrogen-bond acceptors (Lipinski definition) is 4. The molecule has 1 aromatic rings. The van der Waals surface area contributed by atoms with Crippen molar-refractivity contribution in [2.45, 2.75) is 39.0 Å². The van der Waals surface area contributed by atoms with Gasteiger partial charge in [0.05, 0.1) is 11.8 Å². The Kier molecular flexibility index (Phi) is 5.81. The van der Waals surface area contributed by atoms with Gasteiger partial charge in [-0.2, -0.15) is 0 Å². The van der Waals surface area contributed by atoms with Crippen LogP contribution in [0, 0.1) is 18.8 Å². The SMILES string of the molecule is Cc1ccc(Cl)cc1N1CCN(C(=O)CCN2C(=O)[C@H]3CCCC[C@H]3C2=O)CC1. The summed E-state index contributed by atoms with van der Waals surface area (Å²) < 4.78 is 0. The molecule has 2 aliphatic heterocycles. The first-order valence-corrected chi connectivity index (χ1v) is 11.0. The topological polar surface area (TPSA) is 60.9 Å². The van der Waals surface area contributed by atoms with E-state index in [2.05, 4.69) is 11.8 Å². The van der Waals surface area contributed by atoms with Gasteiger partial charge in [0.2, 0.25) is 17.7 Å². The highest BCUT2D eigenvalue weighted by Gasteiger charge is 2.47. The first-order valence-electron chi connectivity index (χ1n) is 10.6. The Morgan fingerprint density at radius 2 is 1.66 bits per heavy atom. The van der Waals surface area contributed by atoms with Crippen LogP contribution >= 0.6 is 11.6 Å². The van der Waals surface area contributed by atoms with Crippen molar-refractivity contribution in [3.05, 3.63) is 28.8 Å². The van der Waals surface area contributed by atoms with Crippen LogP contribution in [0.3, 0.4) is 0 Å². The van der Waals surface area contributed by atoms with E-state index in [1.165, 1.54) is 10.5 Å². The number of carbonyl (C=O) groups excluding carboxylic acids is 3. The zero-order valence-corrected chi connectivity index (χ0v) is 17.7. The first kappa shape index (κ1) is 20.2. The summed E-state index contributed by atoms with van der Waals surface area (Å²) in [4.78, 5) is 43.3. The second-order valence-corrected chi connectivity index (χ2v) is 8.81. The molecule has 2 heterocycles. The summed E-state index contributed by atoms with van der Waals surface area (Å²) in [5.74, 6) is -0.392. The van der Waals surface area contributed by atoms with Gasteiger partial charge in [-0.3, -0.25) is 19.3 Å². The molecule has 2 saturated heterocycles. The lowest BCUT2D eigenvalue weighted by Crippen LogP contribution is -2.49. The normalized spacial score (nSPS) is 24.8. The van der Waals surface area contributed by atoms with E-state index in [1.54, 1.807) is 0 Å². The van der Waals surface area contributed by atoms with Crippen LogP contribution in [0.25, 0.3) is 0 Å². The molecule has 6 nitrogen and oxygen atoms in total. The minimum Gasteiger partial charge on any atom is -0.368 e. The molecular weight excluding hydrogens is 390 g/mol. The summed E-state index contributed by atoms with van der Waals surface area (Å²) in [6.07, 6.45) is 3.87. The summed E-state index contributed by atoms with van der Waals surface area (Å²) in [5.41, 5.74) is 2.28. The average Bonchev–Trinajstić information content (AvgIpc) is 2.98. The fourth-order valence-electron chi connectivity index (χ4n) is 4.94. The molecule has 1 aliphatic carbocycles. The number of carbonyl (C=O) groups is 3. The molecule has 0 N–H and O–H groups in total. The molecule has 0 aromatic heterocycles. The van der Waals surface area contributed by atoms with Crippen LogP contribution in [0.4, 0.5) is 5.69 Å². The van der Waals surface area contributed by atoms with Crippen molar-refractivity contribution in [2.24, 2.45) is 11.8 Å². The number of anilines is 1. The fourth-order valence-corrected chi connectivity index (χ4v) is 5.10. The van der Waals surface area contributed by atoms with Crippen molar-refractivity contribution in [3.8, 4) is 0 Å². The smallest absolute Gasteiger partial charge is 0.233 e. The van der Waals surface area contributed by atoms with Gasteiger partial charge in [0.1, 0.15) is 0 Å². The van der Waals surface area contributed by atoms with Crippen LogP contribution in [0.5, 0.6) is 0 Å². The molecule has 1 saturated carbocycles. The van der Waals surface area contributed by atoms with E-state index in [0.717, 1.165) is 44.5 Å². The van der Waals surface area contributed by atoms with Crippen LogP contribution in [-0.2, 0) is 14.4 Å². The molecule has 3 aliphatic rings. The molecular formula is C22H28ClN3O3. The predicted molar refractivity (Wildman–Crippen MR) is 112 cm³/mol. The van der Waals surface area contributed by atoms with Gasteiger partial charge in [0, 0.05) is 49.9 Å². The van der Waals surface area contributed by atoms with Crippen LogP contribution in [0.1, 0.15) is 37.7 Å². The number of nitrogens with zero attached hydrogens (tertiary/aromatic N) is 3. The van der Waals surface area contributed by atoms with E-state index in [1.807, 2.05) is 23.1 Å². The molecule has 4 rings (SSSR count). The van der Waals surface area contributed by atoms with E-state index in [4.69, 9.17) is 11.6 Å². The molecule has 7 heteroatoms. The lowest BCUT2D eigenvalue weighted by Gasteiger charge is -2.37. The van der Waals surface area contributed by atoms with Crippen LogP contribution in [0.15, 0.2) is 18.2 Å². The maximum atomic E-state index is 12.7. The van der Waals surface area contributed by atoms with Crippen molar-refractivity contribution in [1.82, 2.24) is 9.80 Å². The number of halogens is 1. The summed E-state index contributed by atoms with van der Waals surface area (Å²) in [5, 5.41) is 0.713. The number of aryl methyl sites for hydroxylation is 1. The van der Waals surface area contributed by atoms with Gasteiger partial charge in [-0.05, 0) is 37.5 Å². The van der Waals surface area contributed by atoms with E-state index < -0.39 is 0 Å². The number of amides is 3. The zero-order valence-electron chi connectivity index (χ0n) is 16.9. The van der Waals surface area contributed by atoms with Gasteiger partial charge >= 0.3 is 0 Å². The highest BCUT2D eigenvalue weighted by atomic mass is 35.5. The third kappa shape index (κ3) is 4.00. The van der Waals surface area contributed by atoms with Crippen molar-refractivity contribution >= 4 is 35.0 Å². The minimum absolute atomic E-state index is 0.0166. The number of imide groups is 1. The minimum atomic E-state index is -0.143. The van der Waals surface area contributed by atoms with E-state index in [9.17, 15) is 14.4 Å². The Hall–Kier alpha value is -2.08. The maximum absolute atomic E-state index is 12.7. The standard InChI is InChI=1S/C22H28ClN3O3/c1-15-6-7-16(23)14-19(15)24-10-12-25(13-11-24)20(27)8-9-26-21(28)17-4-2-3-5-18(17)22(26)29/h6-7,14,17-18H,2-5,8-13H2,1H3/t17-,18+. The number of likely N-dealkylation sites (tertiary alicyclic amines) is 1. The Morgan fingerprint density at radius 3 is 2.28 bits per heavy atom. The van der Waals surface area contributed by atoms with Gasteiger partial charge in [-0.25, -0.2) is 0 Å². The maximum Gasteiger partial charge on any atom is 0.233 e. The molecule has 156 valence electrons. The summed E-state index contributed by atoms with van der Waals surface area (Å²) in [6.45, 7) is 5.05. The van der Waals surface area contributed by atoms with Gasteiger partial charge in [-0.1, -0.05) is 30.5 Å². The molecule has 2 atom stereocenters. The van der Waals surface area contributed by atoms with Crippen molar-refractivity contribution in [1.29, 1.82) is 0 Å². The Balaban J connectivity index is 1.30. The largest absolute Gasteiger partial charge is 0.368 e. The Morgan fingerprint density at radius 1 is 1.03 bits per heavy atom. The van der Waals surface area contributed by atoms with Crippen LogP contribution in [-0.4, -0.2) is 60.2 Å². The van der Waals surface area contributed by atoms with Crippen LogP contribution in [0.2, 0.25) is 5.02 Å². The van der Waals surface area contributed by atoms with Gasteiger partial charge in [-0.15, -0.1) is 0 Å². The monoisotopic (exact) mass is 417 g/mol. The predicted octanol–water partition coefficient (Wildman–Crippen LogP) is 2.86. The number of fused-ring (bicyclic) bond motifs is 1. The van der Waals surface area contributed by atoms with Crippen LogP contribution < -0.4 is 4.90 Å². The third-order valence-electron chi connectivity index (χ3n) is 6.63. The van der Waals surface area contributed by atoms with E-state index >= 15 is 0 Å². The average molecular weight is 418 g/mol. The zero-order chi connectivity index (χ0) is 20.5. The van der Waals surface area contributed by atoms with Crippen molar-refractivity contribution in [2.75, 3.05) is 37.6 Å². The molecule has 3 fully saturated rings. The summed E-state index contributed by atoms with van der Waals surface area (Å²) in [7, 11) is 0. The Labute approximate surface area is 176 Å². The number of rotatable bonds is 4. The lowest BCUT2D eigenvalue weighted by molar-refractivity contribution is -0.140. The fraction of sp³-hybridized carbons (Fsp3) is 0.591. The quantitative estimate of drug-likeness (QED) is 0.707. The highest BCUT2D eigenvalue weighted by Crippen LogP contribution is 2.38. The molecule has 0 spiro atoms. The second kappa shape index (κ2) is 8.34. The first-order chi connectivity index (χ1) is 14.0. The molecule has 0 bridgehead atoms. The number of piperazine rings is 1. The molecule has 0 unspecified atom stereocenters. The molecule has 0 radical (unpaired) electrons. The number of benzene rings is 1. The third-order valence-corrected chi connectivity index (χ3v) is 6.86. The lowest BCUT2D eigenvalue weighted by atomic mass is 9.81. The van der Waals surface area contributed by atoms with E-state index in [-0.39, 0.29) is 42.5 Å². The van der Waals surface area contributed by atoms with Crippen molar-refractivity contribution < 1.29 is 14.4 Å². The number of hydrogen-bond donors (Lipinski definition) is 0. The second-order valence-electron chi connectivity index (χ2n) is 8.37. The van der Waals surface area contributed by atoms with Gasteiger partial charge in [0.15, 0.2) is 0 Å². The summed E-state index contributed by atoms with van der Waals surface area (Å²) >= 11 is 6.14. The highest BCUT2D eigenvalue weighted by molar-refractivity contribution is 6.30. The Bertz CT molecular complexity index is 796. The van der Waals surface area contributed by atoms with Gasteiger partial charge in [0.25, 0.3) is 0 Å². The van der Waals surface area contributed by atoms with Gasteiger partial charge < -0.3 is 9.80 Å². The summed E-state index contributed by atoms with van der Waals surface area (Å²) in [6, 6.07) is 5.87. The molecule has 29 heavy (non-hydrogen) atoms.